The summed E-state index contributed by atoms with van der Waals surface area (Å²) in [6.07, 6.45) is -3.87. The zero-order valence-corrected chi connectivity index (χ0v) is 11.3. The standard InChI is InChI=1S/C12H13F3N4S/c13-12(14,15)10-17-11(20-18-10)19(8-4-7-16)9-5-2-1-3-6-9/h1-3,5-6H,4,7-8,16H2. The topological polar surface area (TPSA) is 55.0 Å². The maximum Gasteiger partial charge on any atom is 0.452 e. The van der Waals surface area contributed by atoms with Crippen molar-refractivity contribution in [2.24, 2.45) is 5.73 Å². The molecule has 0 saturated heterocycles. The van der Waals surface area contributed by atoms with Crippen LogP contribution < -0.4 is 10.6 Å². The Morgan fingerprint density at radius 1 is 1.20 bits per heavy atom. The summed E-state index contributed by atoms with van der Waals surface area (Å²) in [4.78, 5) is 5.27. The number of halogens is 3. The molecule has 0 aliphatic carbocycles. The minimum Gasteiger partial charge on any atom is -0.330 e. The van der Waals surface area contributed by atoms with Gasteiger partial charge in [-0.3, -0.25) is 0 Å². The number of rotatable bonds is 5. The highest BCUT2D eigenvalue weighted by atomic mass is 32.1. The molecule has 1 aromatic carbocycles. The summed E-state index contributed by atoms with van der Waals surface area (Å²) in [5.74, 6) is -1.11. The molecule has 0 bridgehead atoms. The van der Waals surface area contributed by atoms with Gasteiger partial charge in [-0.2, -0.15) is 22.5 Å². The lowest BCUT2D eigenvalue weighted by Gasteiger charge is -2.21. The van der Waals surface area contributed by atoms with Crippen LogP contribution in [0, 0.1) is 0 Å². The third kappa shape index (κ3) is 3.45. The van der Waals surface area contributed by atoms with Crippen LogP contribution in [0.5, 0.6) is 0 Å². The van der Waals surface area contributed by atoms with Gasteiger partial charge in [-0.25, -0.2) is 0 Å². The van der Waals surface area contributed by atoms with Crippen LogP contribution in [0.4, 0.5) is 24.0 Å². The van der Waals surface area contributed by atoms with Crippen LogP contribution in [-0.2, 0) is 6.18 Å². The van der Waals surface area contributed by atoms with E-state index in [4.69, 9.17) is 5.73 Å². The van der Waals surface area contributed by atoms with Gasteiger partial charge < -0.3 is 10.6 Å². The summed E-state index contributed by atoms with van der Waals surface area (Å²) >= 11 is 0.734. The summed E-state index contributed by atoms with van der Waals surface area (Å²) in [5.41, 5.74) is 6.24. The van der Waals surface area contributed by atoms with Crippen LogP contribution in [0.15, 0.2) is 30.3 Å². The summed E-state index contributed by atoms with van der Waals surface area (Å²) in [6, 6.07) is 9.09. The fourth-order valence-electron chi connectivity index (χ4n) is 1.63. The van der Waals surface area contributed by atoms with E-state index in [0.717, 1.165) is 17.2 Å². The third-order valence-corrected chi connectivity index (χ3v) is 3.29. The van der Waals surface area contributed by atoms with Gasteiger partial charge >= 0.3 is 6.18 Å². The highest BCUT2D eigenvalue weighted by Crippen LogP contribution is 2.33. The molecule has 20 heavy (non-hydrogen) atoms. The second kappa shape index (κ2) is 6.19. The Kier molecular flexibility index (Phi) is 4.56. The van der Waals surface area contributed by atoms with Crippen molar-refractivity contribution in [3.63, 3.8) is 0 Å². The van der Waals surface area contributed by atoms with E-state index in [1.54, 1.807) is 4.90 Å². The van der Waals surface area contributed by atoms with Crippen LogP contribution in [-0.4, -0.2) is 22.4 Å². The van der Waals surface area contributed by atoms with Gasteiger partial charge in [0.2, 0.25) is 11.0 Å². The number of nitrogens with two attached hydrogens (primary N) is 1. The first-order valence-corrected chi connectivity index (χ1v) is 6.73. The van der Waals surface area contributed by atoms with Gasteiger partial charge in [0.1, 0.15) is 0 Å². The van der Waals surface area contributed by atoms with Crippen molar-refractivity contribution in [3.8, 4) is 0 Å². The Bertz CT molecular complexity index is 541. The molecular formula is C12H13F3N4S. The lowest BCUT2D eigenvalue weighted by molar-refractivity contribution is -0.144. The molecule has 4 nitrogen and oxygen atoms in total. The lowest BCUT2D eigenvalue weighted by Crippen LogP contribution is -2.21. The van der Waals surface area contributed by atoms with Crippen molar-refractivity contribution in [1.82, 2.24) is 9.36 Å². The number of aromatic nitrogens is 2. The Morgan fingerprint density at radius 2 is 1.90 bits per heavy atom. The van der Waals surface area contributed by atoms with Crippen LogP contribution in [0.25, 0.3) is 0 Å². The highest BCUT2D eigenvalue weighted by molar-refractivity contribution is 7.09. The molecule has 0 aliphatic heterocycles. The van der Waals surface area contributed by atoms with E-state index in [-0.39, 0.29) is 5.13 Å². The predicted octanol–water partition coefficient (Wildman–Crippen LogP) is 3.04. The molecule has 1 heterocycles. The van der Waals surface area contributed by atoms with Gasteiger partial charge in [0.25, 0.3) is 0 Å². The molecular weight excluding hydrogens is 289 g/mol. The predicted molar refractivity (Wildman–Crippen MR) is 72.0 cm³/mol. The second-order valence-electron chi connectivity index (χ2n) is 4.03. The molecule has 108 valence electrons. The molecule has 0 saturated carbocycles. The Labute approximate surface area is 118 Å². The van der Waals surface area contributed by atoms with Gasteiger partial charge in [0.15, 0.2) is 0 Å². The number of hydrogen-bond donors (Lipinski definition) is 1. The number of benzene rings is 1. The summed E-state index contributed by atoms with van der Waals surface area (Å²) in [7, 11) is 0. The van der Waals surface area contributed by atoms with E-state index in [2.05, 4.69) is 9.36 Å². The fraction of sp³-hybridized carbons (Fsp3) is 0.333. The van der Waals surface area contributed by atoms with Crippen LogP contribution >= 0.6 is 11.5 Å². The van der Waals surface area contributed by atoms with Gasteiger partial charge in [-0.15, -0.1) is 0 Å². The summed E-state index contributed by atoms with van der Waals surface area (Å²) in [6.45, 7) is 0.946. The Hall–Kier alpha value is -1.67. The molecule has 0 atom stereocenters. The quantitative estimate of drug-likeness (QED) is 0.922. The number of para-hydroxylation sites is 1. The van der Waals surface area contributed by atoms with Crippen molar-refractivity contribution in [1.29, 1.82) is 0 Å². The van der Waals surface area contributed by atoms with Crippen molar-refractivity contribution in [3.05, 3.63) is 36.2 Å². The summed E-state index contributed by atoms with van der Waals surface area (Å²) in [5, 5.41) is 0.219. The minimum absolute atomic E-state index is 0.219. The molecule has 2 aromatic rings. The molecule has 0 spiro atoms. The van der Waals surface area contributed by atoms with E-state index in [1.165, 1.54) is 0 Å². The van der Waals surface area contributed by atoms with Gasteiger partial charge in [0, 0.05) is 23.8 Å². The summed E-state index contributed by atoms with van der Waals surface area (Å²) < 4.78 is 41.1. The van der Waals surface area contributed by atoms with Crippen molar-refractivity contribution >= 4 is 22.4 Å². The van der Waals surface area contributed by atoms with Gasteiger partial charge in [0.05, 0.1) is 0 Å². The smallest absolute Gasteiger partial charge is 0.330 e. The monoisotopic (exact) mass is 302 g/mol. The van der Waals surface area contributed by atoms with Gasteiger partial charge in [-0.05, 0) is 25.1 Å². The lowest BCUT2D eigenvalue weighted by atomic mass is 10.3. The molecule has 8 heteroatoms. The highest BCUT2D eigenvalue weighted by Gasteiger charge is 2.36. The first-order chi connectivity index (χ1) is 9.52. The Balaban J connectivity index is 2.29. The average Bonchev–Trinajstić information content (AvgIpc) is 2.90. The van der Waals surface area contributed by atoms with E-state index in [0.29, 0.717) is 19.5 Å². The first kappa shape index (κ1) is 14.7. The number of nitrogens with zero attached hydrogens (tertiary/aromatic N) is 3. The number of alkyl halides is 3. The molecule has 2 N–H and O–H groups in total. The maximum atomic E-state index is 12.6. The van der Waals surface area contributed by atoms with E-state index in [9.17, 15) is 13.2 Å². The van der Waals surface area contributed by atoms with Crippen LogP contribution in [0.2, 0.25) is 0 Å². The molecule has 0 fully saturated rings. The molecule has 0 radical (unpaired) electrons. The van der Waals surface area contributed by atoms with Crippen molar-refractivity contribution in [2.75, 3.05) is 18.0 Å². The minimum atomic E-state index is -4.52. The molecule has 0 aliphatic rings. The van der Waals surface area contributed by atoms with E-state index in [1.807, 2.05) is 30.3 Å². The van der Waals surface area contributed by atoms with E-state index < -0.39 is 12.0 Å². The molecule has 2 rings (SSSR count). The largest absolute Gasteiger partial charge is 0.452 e. The number of anilines is 2. The van der Waals surface area contributed by atoms with E-state index >= 15 is 0 Å². The normalized spacial score (nSPS) is 11.6. The second-order valence-corrected chi connectivity index (χ2v) is 4.76. The zero-order valence-electron chi connectivity index (χ0n) is 10.5. The molecule has 1 aromatic heterocycles. The average molecular weight is 302 g/mol. The molecule has 0 amide bonds. The van der Waals surface area contributed by atoms with Crippen molar-refractivity contribution < 1.29 is 13.2 Å². The molecule has 0 unspecified atom stereocenters. The van der Waals surface area contributed by atoms with Crippen molar-refractivity contribution in [2.45, 2.75) is 12.6 Å². The SMILES string of the molecule is NCCCN(c1ccccc1)c1nc(C(F)(F)F)ns1. The third-order valence-electron chi connectivity index (χ3n) is 2.55. The number of hydrogen-bond acceptors (Lipinski definition) is 5. The fourth-order valence-corrected chi connectivity index (χ4v) is 2.37. The maximum absolute atomic E-state index is 12.6. The van der Waals surface area contributed by atoms with Crippen LogP contribution in [0.3, 0.4) is 0 Å². The Morgan fingerprint density at radius 3 is 2.45 bits per heavy atom. The zero-order chi connectivity index (χ0) is 14.6. The first-order valence-electron chi connectivity index (χ1n) is 5.96. The van der Waals surface area contributed by atoms with Crippen LogP contribution in [0.1, 0.15) is 12.2 Å². The van der Waals surface area contributed by atoms with Gasteiger partial charge in [-0.1, -0.05) is 18.2 Å².